The number of hydrogen-bond acceptors (Lipinski definition) is 4. The van der Waals surface area contributed by atoms with E-state index >= 15 is 0 Å². The van der Waals surface area contributed by atoms with E-state index in [1.165, 1.54) is 10.6 Å². The van der Waals surface area contributed by atoms with Crippen molar-refractivity contribution in [1.29, 1.82) is 0 Å². The molecule has 1 N–H and O–H groups in total. The molecular formula is C14H12Cl2N4O2S. The summed E-state index contributed by atoms with van der Waals surface area (Å²) in [7, 11) is -3.89. The minimum absolute atomic E-state index is 0.0834. The molecule has 9 heteroatoms. The molecule has 0 fully saturated rings. The van der Waals surface area contributed by atoms with Gasteiger partial charge in [-0.3, -0.25) is 9.38 Å². The Morgan fingerprint density at radius 1 is 1.22 bits per heavy atom. The molecule has 0 radical (unpaired) electrons. The van der Waals surface area contributed by atoms with Gasteiger partial charge in [0.25, 0.3) is 10.0 Å². The van der Waals surface area contributed by atoms with Crippen LogP contribution in [0.2, 0.25) is 10.2 Å². The summed E-state index contributed by atoms with van der Waals surface area (Å²) in [6.07, 6.45) is 3.05. The van der Waals surface area contributed by atoms with Crippen molar-refractivity contribution in [2.45, 2.75) is 18.0 Å². The first-order chi connectivity index (χ1) is 10.9. The molecule has 0 saturated heterocycles. The molecule has 0 aliphatic rings. The molecule has 3 heterocycles. The van der Waals surface area contributed by atoms with Crippen molar-refractivity contribution in [3.05, 3.63) is 58.6 Å². The van der Waals surface area contributed by atoms with Crippen LogP contribution < -0.4 is 4.72 Å². The average Bonchev–Trinajstić information content (AvgIpc) is 2.83. The fourth-order valence-electron chi connectivity index (χ4n) is 2.18. The van der Waals surface area contributed by atoms with Crippen LogP contribution in [-0.4, -0.2) is 22.8 Å². The molecule has 0 saturated carbocycles. The van der Waals surface area contributed by atoms with E-state index in [1.807, 2.05) is 0 Å². The van der Waals surface area contributed by atoms with Gasteiger partial charge < -0.3 is 0 Å². The van der Waals surface area contributed by atoms with Crippen LogP contribution in [0.3, 0.4) is 0 Å². The summed E-state index contributed by atoms with van der Waals surface area (Å²) >= 11 is 11.8. The first kappa shape index (κ1) is 16.2. The van der Waals surface area contributed by atoms with Crippen LogP contribution in [0.15, 0.2) is 47.8 Å². The number of fused-ring (bicyclic) bond motifs is 1. The Balaban J connectivity index is 1.97. The first-order valence-electron chi connectivity index (χ1n) is 6.65. The molecular weight excluding hydrogens is 359 g/mol. The molecule has 3 aromatic heterocycles. The molecule has 23 heavy (non-hydrogen) atoms. The van der Waals surface area contributed by atoms with E-state index in [2.05, 4.69) is 14.7 Å². The molecule has 1 atom stereocenters. The van der Waals surface area contributed by atoms with E-state index in [0.717, 1.165) is 0 Å². The van der Waals surface area contributed by atoms with Crippen LogP contribution in [0, 0.1) is 0 Å². The number of nitrogens with one attached hydrogen (secondary N) is 1. The highest BCUT2D eigenvalue weighted by atomic mass is 35.5. The zero-order valence-corrected chi connectivity index (χ0v) is 14.3. The number of pyridine rings is 2. The van der Waals surface area contributed by atoms with Crippen LogP contribution >= 0.6 is 23.2 Å². The normalized spacial score (nSPS) is 13.3. The van der Waals surface area contributed by atoms with Crippen LogP contribution in [0.1, 0.15) is 18.7 Å². The zero-order chi connectivity index (χ0) is 16.6. The summed E-state index contributed by atoms with van der Waals surface area (Å²) < 4.78 is 29.3. The predicted molar refractivity (Wildman–Crippen MR) is 88.2 cm³/mol. The molecule has 0 aliphatic heterocycles. The third kappa shape index (κ3) is 3.18. The summed E-state index contributed by atoms with van der Waals surface area (Å²) in [6, 6.07) is 7.88. The molecule has 3 rings (SSSR count). The van der Waals surface area contributed by atoms with Gasteiger partial charge in [0.05, 0.1) is 16.8 Å². The van der Waals surface area contributed by atoms with Gasteiger partial charge in [-0.05, 0) is 31.2 Å². The van der Waals surface area contributed by atoms with Gasteiger partial charge in [0.2, 0.25) is 0 Å². The monoisotopic (exact) mass is 370 g/mol. The van der Waals surface area contributed by atoms with Crippen LogP contribution in [0.4, 0.5) is 0 Å². The van der Waals surface area contributed by atoms with E-state index in [1.54, 1.807) is 43.5 Å². The SMILES string of the molecule is C[C@H](NS(=O)(=O)c1c(Cl)nc2ccccn12)c1ccc(Cl)cn1. The quantitative estimate of drug-likeness (QED) is 0.765. The Morgan fingerprint density at radius 3 is 2.70 bits per heavy atom. The largest absolute Gasteiger partial charge is 0.288 e. The highest BCUT2D eigenvalue weighted by Gasteiger charge is 2.26. The Labute approximate surface area is 143 Å². The summed E-state index contributed by atoms with van der Waals surface area (Å²) in [4.78, 5) is 8.16. The minimum atomic E-state index is -3.89. The number of aromatic nitrogens is 3. The predicted octanol–water partition coefficient (Wildman–Crippen LogP) is 3.08. The second-order valence-corrected chi connectivity index (χ2v) is 7.30. The lowest BCUT2D eigenvalue weighted by atomic mass is 10.2. The van der Waals surface area contributed by atoms with Crippen LogP contribution in [0.5, 0.6) is 0 Å². The lowest BCUT2D eigenvalue weighted by Gasteiger charge is -2.13. The van der Waals surface area contributed by atoms with Gasteiger partial charge >= 0.3 is 0 Å². The van der Waals surface area contributed by atoms with E-state index in [0.29, 0.717) is 16.4 Å². The van der Waals surface area contributed by atoms with Crippen molar-refractivity contribution >= 4 is 38.9 Å². The van der Waals surface area contributed by atoms with Crippen molar-refractivity contribution in [1.82, 2.24) is 19.1 Å². The molecule has 0 unspecified atom stereocenters. The van der Waals surface area contributed by atoms with Gasteiger partial charge in [-0.25, -0.2) is 18.1 Å². The maximum absolute atomic E-state index is 12.7. The fraction of sp³-hybridized carbons (Fsp3) is 0.143. The van der Waals surface area contributed by atoms with E-state index < -0.39 is 16.1 Å². The number of nitrogens with zero attached hydrogens (tertiary/aromatic N) is 3. The first-order valence-corrected chi connectivity index (χ1v) is 8.89. The average molecular weight is 371 g/mol. The minimum Gasteiger partial charge on any atom is -0.288 e. The van der Waals surface area contributed by atoms with Gasteiger partial charge in [-0.1, -0.05) is 29.3 Å². The van der Waals surface area contributed by atoms with Crippen molar-refractivity contribution in [3.63, 3.8) is 0 Å². The van der Waals surface area contributed by atoms with Gasteiger partial charge in [0, 0.05) is 12.4 Å². The Kier molecular flexibility index (Phi) is 4.29. The van der Waals surface area contributed by atoms with Crippen molar-refractivity contribution in [2.24, 2.45) is 0 Å². The van der Waals surface area contributed by atoms with Gasteiger partial charge in [0.1, 0.15) is 5.65 Å². The van der Waals surface area contributed by atoms with Crippen molar-refractivity contribution in [2.75, 3.05) is 0 Å². The molecule has 120 valence electrons. The molecule has 0 aliphatic carbocycles. The summed E-state index contributed by atoms with van der Waals surface area (Å²) in [6.45, 7) is 1.69. The number of imidazole rings is 1. The van der Waals surface area contributed by atoms with Gasteiger partial charge in [0.15, 0.2) is 10.2 Å². The third-order valence-corrected chi connectivity index (χ3v) is 5.39. The van der Waals surface area contributed by atoms with Gasteiger partial charge in [-0.15, -0.1) is 0 Å². The highest BCUT2D eigenvalue weighted by molar-refractivity contribution is 7.89. The molecule has 0 aromatic carbocycles. The van der Waals surface area contributed by atoms with Crippen LogP contribution in [-0.2, 0) is 10.0 Å². The molecule has 0 bridgehead atoms. The summed E-state index contributed by atoms with van der Waals surface area (Å²) in [5.41, 5.74) is 0.998. The zero-order valence-electron chi connectivity index (χ0n) is 11.9. The second-order valence-electron chi connectivity index (χ2n) is 4.88. The fourth-order valence-corrected chi connectivity index (χ4v) is 4.15. The number of hydrogen-bond donors (Lipinski definition) is 1. The Hall–Kier alpha value is -1.67. The molecule has 0 spiro atoms. The second kappa shape index (κ2) is 6.09. The highest BCUT2D eigenvalue weighted by Crippen LogP contribution is 2.24. The van der Waals surface area contributed by atoms with Gasteiger partial charge in [-0.2, -0.15) is 0 Å². The van der Waals surface area contributed by atoms with E-state index in [9.17, 15) is 8.42 Å². The topological polar surface area (TPSA) is 76.4 Å². The van der Waals surface area contributed by atoms with Crippen molar-refractivity contribution in [3.8, 4) is 0 Å². The summed E-state index contributed by atoms with van der Waals surface area (Å²) in [5.74, 6) is 0. The third-order valence-electron chi connectivity index (χ3n) is 3.23. The Morgan fingerprint density at radius 2 is 2.00 bits per heavy atom. The molecule has 6 nitrogen and oxygen atoms in total. The smallest absolute Gasteiger partial charge is 0.260 e. The Bertz CT molecular complexity index is 955. The van der Waals surface area contributed by atoms with E-state index in [-0.39, 0.29) is 10.2 Å². The standard InChI is InChI=1S/C14H12Cl2N4O2S/c1-9(11-6-5-10(15)8-17-11)19-23(21,22)14-13(16)18-12-4-2-3-7-20(12)14/h2-9,19H,1H3/t9-/m0/s1. The molecule has 0 amide bonds. The number of rotatable bonds is 4. The number of sulfonamides is 1. The lowest BCUT2D eigenvalue weighted by molar-refractivity contribution is 0.559. The number of halogens is 2. The lowest BCUT2D eigenvalue weighted by Crippen LogP contribution is -2.28. The van der Waals surface area contributed by atoms with Crippen molar-refractivity contribution < 1.29 is 8.42 Å². The molecule has 3 aromatic rings. The summed E-state index contributed by atoms with van der Waals surface area (Å²) in [5, 5.41) is 0.296. The van der Waals surface area contributed by atoms with Crippen LogP contribution in [0.25, 0.3) is 5.65 Å². The maximum Gasteiger partial charge on any atom is 0.260 e. The maximum atomic E-state index is 12.7. The van der Waals surface area contributed by atoms with E-state index in [4.69, 9.17) is 23.2 Å².